The van der Waals surface area contributed by atoms with Crippen LogP contribution >= 0.6 is 12.8 Å². The maximum atomic E-state index is 11.7. The Morgan fingerprint density at radius 1 is 1.13 bits per heavy atom. The van der Waals surface area contributed by atoms with Crippen LogP contribution in [0.2, 0.25) is 0 Å². The molecule has 4 heteroatoms. The smallest absolute Gasteiger partial charge is 0.235 e. The van der Waals surface area contributed by atoms with Crippen molar-refractivity contribution in [1.29, 1.82) is 0 Å². The third kappa shape index (κ3) is 3.86. The minimum Gasteiger partial charge on any atom is -0.302 e. The number of thiol groups is 1. The quantitative estimate of drug-likeness (QED) is 0.714. The van der Waals surface area contributed by atoms with E-state index in [1.165, 1.54) is 0 Å². The zero-order chi connectivity index (χ0) is 12.3. The molecule has 0 aliphatic heterocycles. The second-order valence-corrected chi connectivity index (χ2v) is 5.39. The van der Waals surface area contributed by atoms with Gasteiger partial charge in [0.2, 0.25) is 5.91 Å². The molecule has 0 bridgehead atoms. The molecular formula is C11H21NO2S. The van der Waals surface area contributed by atoms with Crippen molar-refractivity contribution >= 4 is 24.5 Å². The highest BCUT2D eigenvalue weighted by Gasteiger charge is 2.37. The van der Waals surface area contributed by atoms with Crippen molar-refractivity contribution in [2.24, 2.45) is 10.8 Å². The third-order valence-electron chi connectivity index (χ3n) is 2.68. The maximum absolute atomic E-state index is 11.7. The number of carbonyl (C=O) groups excluding carboxylic acids is 2. The third-order valence-corrected chi connectivity index (χ3v) is 2.88. The number of nitrogens with one attached hydrogen (secondary N) is 1. The molecule has 0 heterocycles. The van der Waals surface area contributed by atoms with Gasteiger partial charge in [-0.25, -0.2) is 0 Å². The van der Waals surface area contributed by atoms with Crippen LogP contribution in [0, 0.1) is 10.8 Å². The predicted molar refractivity (Wildman–Crippen MR) is 64.6 cm³/mol. The van der Waals surface area contributed by atoms with Gasteiger partial charge in [0.05, 0.1) is 0 Å². The first kappa shape index (κ1) is 14.5. The molecule has 0 aliphatic carbocycles. The Labute approximate surface area is 97.6 Å². The standard InChI is InChI=1S/C11H21NO2S/c1-6-8(13)10(2,3)7-11(4,5)9(14)12-15/h15H,6-7H2,1-5H3,(H,12,14). The number of ketones is 1. The number of Topliss-reactive ketones (excluding diaryl/α,β-unsaturated/α-hetero) is 1. The molecule has 0 saturated carbocycles. The van der Waals surface area contributed by atoms with Crippen LogP contribution in [-0.4, -0.2) is 11.7 Å². The van der Waals surface area contributed by atoms with E-state index in [1.807, 2.05) is 34.6 Å². The molecule has 0 aromatic heterocycles. The van der Waals surface area contributed by atoms with E-state index >= 15 is 0 Å². The number of hydrogen-bond donors (Lipinski definition) is 2. The van der Waals surface area contributed by atoms with E-state index in [2.05, 4.69) is 17.5 Å². The van der Waals surface area contributed by atoms with Gasteiger partial charge < -0.3 is 4.72 Å². The molecular weight excluding hydrogens is 210 g/mol. The van der Waals surface area contributed by atoms with Crippen LogP contribution in [0.15, 0.2) is 0 Å². The molecule has 1 N–H and O–H groups in total. The van der Waals surface area contributed by atoms with E-state index in [4.69, 9.17) is 0 Å². The summed E-state index contributed by atoms with van der Waals surface area (Å²) in [5.74, 6) is 0.0327. The van der Waals surface area contributed by atoms with Crippen molar-refractivity contribution < 1.29 is 9.59 Å². The van der Waals surface area contributed by atoms with E-state index < -0.39 is 10.8 Å². The topological polar surface area (TPSA) is 46.2 Å². The van der Waals surface area contributed by atoms with Gasteiger partial charge in [0, 0.05) is 17.3 Å². The molecule has 0 aromatic rings. The highest BCUT2D eigenvalue weighted by Crippen LogP contribution is 2.35. The van der Waals surface area contributed by atoms with E-state index in [0.29, 0.717) is 12.8 Å². The van der Waals surface area contributed by atoms with Crippen molar-refractivity contribution in [2.75, 3.05) is 0 Å². The molecule has 0 spiro atoms. The lowest BCUT2D eigenvalue weighted by molar-refractivity contribution is -0.133. The first-order valence-corrected chi connectivity index (χ1v) is 5.60. The van der Waals surface area contributed by atoms with Crippen molar-refractivity contribution in [3.63, 3.8) is 0 Å². The van der Waals surface area contributed by atoms with E-state index in [0.717, 1.165) is 0 Å². The molecule has 0 rings (SSSR count). The van der Waals surface area contributed by atoms with E-state index in [1.54, 1.807) is 0 Å². The van der Waals surface area contributed by atoms with Gasteiger partial charge in [-0.2, -0.15) is 0 Å². The summed E-state index contributed by atoms with van der Waals surface area (Å²) in [6, 6.07) is 0. The molecule has 0 atom stereocenters. The summed E-state index contributed by atoms with van der Waals surface area (Å²) in [4.78, 5) is 23.2. The van der Waals surface area contributed by atoms with E-state index in [9.17, 15) is 9.59 Å². The summed E-state index contributed by atoms with van der Waals surface area (Å²) in [7, 11) is 0. The lowest BCUT2D eigenvalue weighted by Gasteiger charge is -2.32. The highest BCUT2D eigenvalue weighted by molar-refractivity contribution is 7.78. The highest BCUT2D eigenvalue weighted by atomic mass is 32.1. The number of amides is 1. The Morgan fingerprint density at radius 3 is 1.93 bits per heavy atom. The monoisotopic (exact) mass is 231 g/mol. The van der Waals surface area contributed by atoms with Gasteiger partial charge in [-0.3, -0.25) is 9.59 Å². The fourth-order valence-electron chi connectivity index (χ4n) is 1.91. The van der Waals surface area contributed by atoms with Crippen LogP contribution in [0.1, 0.15) is 47.5 Å². The van der Waals surface area contributed by atoms with Gasteiger partial charge in [-0.15, -0.1) is 0 Å². The molecule has 15 heavy (non-hydrogen) atoms. The van der Waals surface area contributed by atoms with Crippen molar-refractivity contribution in [3.05, 3.63) is 0 Å². The Kier molecular flexibility index (Phi) is 4.84. The normalized spacial score (nSPS) is 12.4. The van der Waals surface area contributed by atoms with Crippen LogP contribution in [0.5, 0.6) is 0 Å². The Hall–Kier alpha value is -0.510. The minimum atomic E-state index is -0.573. The van der Waals surface area contributed by atoms with Gasteiger partial charge in [0.15, 0.2) is 0 Å². The van der Waals surface area contributed by atoms with Crippen molar-refractivity contribution in [3.8, 4) is 0 Å². The molecule has 0 aliphatic rings. The molecule has 0 fully saturated rings. The molecule has 0 saturated heterocycles. The first-order valence-electron chi connectivity index (χ1n) is 5.15. The Morgan fingerprint density at radius 2 is 1.60 bits per heavy atom. The molecule has 0 radical (unpaired) electrons. The number of carbonyl (C=O) groups is 2. The van der Waals surface area contributed by atoms with Gasteiger partial charge in [0.1, 0.15) is 5.78 Å². The fourth-order valence-corrected chi connectivity index (χ4v) is 2.22. The van der Waals surface area contributed by atoms with Gasteiger partial charge >= 0.3 is 0 Å². The molecule has 1 amide bonds. The average molecular weight is 231 g/mol. The lowest BCUT2D eigenvalue weighted by atomic mass is 9.72. The maximum Gasteiger partial charge on any atom is 0.235 e. The molecule has 88 valence electrons. The summed E-state index contributed by atoms with van der Waals surface area (Å²) in [6.07, 6.45) is 1.03. The summed E-state index contributed by atoms with van der Waals surface area (Å²) in [5, 5.41) is 0. The largest absolute Gasteiger partial charge is 0.302 e. The van der Waals surface area contributed by atoms with Gasteiger partial charge in [-0.1, -0.05) is 47.4 Å². The summed E-state index contributed by atoms with van der Waals surface area (Å²) < 4.78 is 2.33. The van der Waals surface area contributed by atoms with Gasteiger partial charge in [-0.05, 0) is 6.42 Å². The van der Waals surface area contributed by atoms with Crippen LogP contribution in [0.25, 0.3) is 0 Å². The average Bonchev–Trinajstić information content (AvgIpc) is 2.13. The predicted octanol–water partition coefficient (Wildman–Crippen LogP) is 2.37. The van der Waals surface area contributed by atoms with Crippen LogP contribution < -0.4 is 4.72 Å². The Bertz CT molecular complexity index is 233. The summed E-state index contributed by atoms with van der Waals surface area (Å²) in [5.41, 5.74) is -1.03. The number of hydrogen-bond acceptors (Lipinski definition) is 3. The second-order valence-electron chi connectivity index (χ2n) is 5.16. The van der Waals surface area contributed by atoms with Crippen LogP contribution in [0.3, 0.4) is 0 Å². The SMILES string of the molecule is CCC(=O)C(C)(C)CC(C)(C)C(=O)NS. The zero-order valence-electron chi connectivity index (χ0n) is 10.2. The first-order chi connectivity index (χ1) is 6.67. The second kappa shape index (κ2) is 5.01. The Balaban J connectivity index is 4.71. The fraction of sp³-hybridized carbons (Fsp3) is 0.818. The molecule has 3 nitrogen and oxygen atoms in total. The minimum absolute atomic E-state index is 0.150. The number of rotatable bonds is 5. The van der Waals surface area contributed by atoms with Crippen LogP contribution in [-0.2, 0) is 9.59 Å². The zero-order valence-corrected chi connectivity index (χ0v) is 11.1. The van der Waals surface area contributed by atoms with Crippen LogP contribution in [0.4, 0.5) is 0 Å². The van der Waals surface area contributed by atoms with Crippen molar-refractivity contribution in [2.45, 2.75) is 47.5 Å². The summed E-state index contributed by atoms with van der Waals surface area (Å²) >= 11 is 3.75. The molecule has 0 aromatic carbocycles. The lowest BCUT2D eigenvalue weighted by Crippen LogP contribution is -2.38. The molecule has 0 unspecified atom stereocenters. The summed E-state index contributed by atoms with van der Waals surface area (Å²) in [6.45, 7) is 9.25. The van der Waals surface area contributed by atoms with Gasteiger partial charge in [0.25, 0.3) is 0 Å². The van der Waals surface area contributed by atoms with Crippen molar-refractivity contribution in [1.82, 2.24) is 4.72 Å². The van der Waals surface area contributed by atoms with E-state index in [-0.39, 0.29) is 11.7 Å².